The predicted molar refractivity (Wildman–Crippen MR) is 85.3 cm³/mol. The third-order valence-electron chi connectivity index (χ3n) is 3.59. The number of carbonyl (C=O) groups excluding carboxylic acids is 1. The topological polar surface area (TPSA) is 92.1 Å². The second-order valence-electron chi connectivity index (χ2n) is 5.06. The van der Waals surface area contributed by atoms with Crippen molar-refractivity contribution in [3.8, 4) is 11.3 Å². The highest BCUT2D eigenvalue weighted by atomic mass is 16.3. The fourth-order valence-corrected chi connectivity index (χ4v) is 2.45. The largest absolute Gasteiger partial charge is 0.444 e. The Labute approximate surface area is 131 Å². The van der Waals surface area contributed by atoms with E-state index in [0.29, 0.717) is 12.4 Å². The Hall–Kier alpha value is -3.35. The summed E-state index contributed by atoms with van der Waals surface area (Å²) in [4.78, 5) is 19.4. The molecule has 114 valence electrons. The van der Waals surface area contributed by atoms with Gasteiger partial charge in [-0.3, -0.25) is 5.32 Å². The number of fused-ring (bicyclic) bond motifs is 1. The first-order valence-corrected chi connectivity index (χ1v) is 7.08. The molecule has 7 nitrogen and oxygen atoms in total. The molecule has 0 saturated carbocycles. The summed E-state index contributed by atoms with van der Waals surface area (Å²) in [6, 6.07) is 9.47. The minimum Gasteiger partial charge on any atom is -0.444 e. The van der Waals surface area contributed by atoms with Gasteiger partial charge < -0.3 is 15.1 Å². The zero-order valence-corrected chi connectivity index (χ0v) is 12.0. The molecular weight excluding hydrogens is 294 g/mol. The lowest BCUT2D eigenvalue weighted by atomic mass is 10.1. The molecule has 0 radical (unpaired) electrons. The molecule has 7 heteroatoms. The third kappa shape index (κ3) is 2.59. The number of nitrogens with one attached hydrogen (secondary N) is 3. The fraction of sp³-hybridized carbons (Fsp3) is 0.0625. The van der Waals surface area contributed by atoms with Crippen LogP contribution in [0.15, 0.2) is 53.5 Å². The summed E-state index contributed by atoms with van der Waals surface area (Å²) in [5, 5.41) is 8.78. The molecular formula is C16H13N5O2. The van der Waals surface area contributed by atoms with E-state index >= 15 is 0 Å². The SMILES string of the molecule is O=C1NCc2c(Nc3ccc(-c4cnco4)cc3)ccnc2N1. The van der Waals surface area contributed by atoms with Crippen LogP contribution in [0.2, 0.25) is 0 Å². The van der Waals surface area contributed by atoms with Gasteiger partial charge in [0.1, 0.15) is 5.82 Å². The van der Waals surface area contributed by atoms with Crippen LogP contribution in [0.4, 0.5) is 22.0 Å². The molecule has 0 aliphatic carbocycles. The smallest absolute Gasteiger partial charge is 0.320 e. The van der Waals surface area contributed by atoms with E-state index in [1.807, 2.05) is 30.3 Å². The lowest BCUT2D eigenvalue weighted by Crippen LogP contribution is -2.34. The summed E-state index contributed by atoms with van der Waals surface area (Å²) < 4.78 is 5.27. The molecule has 0 atom stereocenters. The maximum atomic E-state index is 11.3. The first kappa shape index (κ1) is 13.3. The Bertz CT molecular complexity index is 843. The number of amides is 2. The van der Waals surface area contributed by atoms with E-state index < -0.39 is 0 Å². The summed E-state index contributed by atoms with van der Waals surface area (Å²) in [5.41, 5.74) is 3.71. The van der Waals surface area contributed by atoms with Crippen LogP contribution in [0.1, 0.15) is 5.56 Å². The fourth-order valence-electron chi connectivity index (χ4n) is 2.45. The minimum absolute atomic E-state index is 0.237. The maximum absolute atomic E-state index is 11.3. The molecule has 0 fully saturated rings. The van der Waals surface area contributed by atoms with E-state index in [-0.39, 0.29) is 6.03 Å². The second-order valence-corrected chi connectivity index (χ2v) is 5.06. The highest BCUT2D eigenvalue weighted by Crippen LogP contribution is 2.28. The van der Waals surface area contributed by atoms with E-state index in [1.54, 1.807) is 12.4 Å². The Morgan fingerprint density at radius 1 is 1.17 bits per heavy atom. The summed E-state index contributed by atoms with van der Waals surface area (Å²) in [7, 11) is 0. The number of urea groups is 1. The van der Waals surface area contributed by atoms with Gasteiger partial charge in [0.15, 0.2) is 12.2 Å². The van der Waals surface area contributed by atoms with Crippen molar-refractivity contribution in [2.75, 3.05) is 10.6 Å². The van der Waals surface area contributed by atoms with Crippen molar-refractivity contribution in [2.45, 2.75) is 6.54 Å². The van der Waals surface area contributed by atoms with Crippen molar-refractivity contribution < 1.29 is 9.21 Å². The molecule has 0 bridgehead atoms. The zero-order valence-electron chi connectivity index (χ0n) is 12.0. The summed E-state index contributed by atoms with van der Waals surface area (Å²) in [6.45, 7) is 0.438. The van der Waals surface area contributed by atoms with E-state index in [2.05, 4.69) is 25.9 Å². The summed E-state index contributed by atoms with van der Waals surface area (Å²) >= 11 is 0. The summed E-state index contributed by atoms with van der Waals surface area (Å²) in [5.74, 6) is 1.31. The van der Waals surface area contributed by atoms with Crippen molar-refractivity contribution in [2.24, 2.45) is 0 Å². The average molecular weight is 307 g/mol. The van der Waals surface area contributed by atoms with Crippen molar-refractivity contribution in [3.63, 3.8) is 0 Å². The van der Waals surface area contributed by atoms with Crippen LogP contribution in [0.25, 0.3) is 11.3 Å². The lowest BCUT2D eigenvalue weighted by molar-refractivity contribution is 0.250. The van der Waals surface area contributed by atoms with E-state index in [1.165, 1.54) is 6.39 Å². The molecule has 3 N–H and O–H groups in total. The molecule has 2 amide bonds. The van der Waals surface area contributed by atoms with Crippen LogP contribution < -0.4 is 16.0 Å². The minimum atomic E-state index is -0.237. The van der Waals surface area contributed by atoms with Gasteiger partial charge in [-0.15, -0.1) is 0 Å². The monoisotopic (exact) mass is 307 g/mol. The second kappa shape index (κ2) is 5.45. The van der Waals surface area contributed by atoms with Crippen molar-refractivity contribution in [3.05, 3.63) is 54.7 Å². The molecule has 1 aromatic carbocycles. The Morgan fingerprint density at radius 2 is 2.04 bits per heavy atom. The number of aromatic nitrogens is 2. The molecule has 2 aromatic heterocycles. The molecule has 0 saturated heterocycles. The third-order valence-corrected chi connectivity index (χ3v) is 3.59. The van der Waals surface area contributed by atoms with Gasteiger partial charge in [0, 0.05) is 28.7 Å². The number of benzene rings is 1. The van der Waals surface area contributed by atoms with Crippen LogP contribution in [-0.4, -0.2) is 16.0 Å². The zero-order chi connectivity index (χ0) is 15.6. The van der Waals surface area contributed by atoms with Gasteiger partial charge in [-0.2, -0.15) is 0 Å². The van der Waals surface area contributed by atoms with E-state index in [4.69, 9.17) is 4.42 Å². The van der Waals surface area contributed by atoms with E-state index in [9.17, 15) is 4.79 Å². The lowest BCUT2D eigenvalue weighted by Gasteiger charge is -2.20. The number of nitrogens with zero attached hydrogens (tertiary/aromatic N) is 2. The van der Waals surface area contributed by atoms with Gasteiger partial charge in [0.05, 0.1) is 12.7 Å². The number of oxazole rings is 1. The number of pyridine rings is 1. The Morgan fingerprint density at radius 3 is 2.83 bits per heavy atom. The first-order chi connectivity index (χ1) is 11.3. The molecule has 3 aromatic rings. The van der Waals surface area contributed by atoms with Crippen LogP contribution in [0.5, 0.6) is 0 Å². The van der Waals surface area contributed by atoms with Gasteiger partial charge >= 0.3 is 6.03 Å². The van der Waals surface area contributed by atoms with E-state index in [0.717, 1.165) is 28.3 Å². The normalized spacial score (nSPS) is 13.0. The van der Waals surface area contributed by atoms with Gasteiger partial charge in [-0.1, -0.05) is 0 Å². The van der Waals surface area contributed by atoms with Gasteiger partial charge in [-0.25, -0.2) is 14.8 Å². The highest BCUT2D eigenvalue weighted by Gasteiger charge is 2.18. The maximum Gasteiger partial charge on any atom is 0.320 e. The van der Waals surface area contributed by atoms with Gasteiger partial charge in [0.25, 0.3) is 0 Å². The number of rotatable bonds is 3. The quantitative estimate of drug-likeness (QED) is 0.691. The Kier molecular flexibility index (Phi) is 3.16. The molecule has 1 aliphatic heterocycles. The molecule has 1 aliphatic rings. The van der Waals surface area contributed by atoms with Crippen molar-refractivity contribution in [1.29, 1.82) is 0 Å². The van der Waals surface area contributed by atoms with Gasteiger partial charge in [0.2, 0.25) is 0 Å². The van der Waals surface area contributed by atoms with Crippen molar-refractivity contribution >= 4 is 23.2 Å². The predicted octanol–water partition coefficient (Wildman–Crippen LogP) is 3.12. The molecule has 0 unspecified atom stereocenters. The number of carbonyl (C=O) groups is 1. The molecule has 4 rings (SSSR count). The molecule has 3 heterocycles. The van der Waals surface area contributed by atoms with Crippen LogP contribution in [-0.2, 0) is 6.54 Å². The number of anilines is 3. The van der Waals surface area contributed by atoms with Crippen LogP contribution in [0, 0.1) is 0 Å². The average Bonchev–Trinajstić information content (AvgIpc) is 3.10. The van der Waals surface area contributed by atoms with Crippen LogP contribution in [0.3, 0.4) is 0 Å². The molecule has 23 heavy (non-hydrogen) atoms. The van der Waals surface area contributed by atoms with Crippen molar-refractivity contribution in [1.82, 2.24) is 15.3 Å². The Balaban J connectivity index is 1.59. The molecule has 0 spiro atoms. The van der Waals surface area contributed by atoms with Crippen LogP contribution >= 0.6 is 0 Å². The number of hydrogen-bond donors (Lipinski definition) is 3. The summed E-state index contributed by atoms with van der Waals surface area (Å²) in [6.07, 6.45) is 4.75. The number of hydrogen-bond acceptors (Lipinski definition) is 5. The first-order valence-electron chi connectivity index (χ1n) is 7.08. The van der Waals surface area contributed by atoms with Gasteiger partial charge in [-0.05, 0) is 30.3 Å². The standard InChI is InChI=1S/C16H13N5O2/c22-16-19-7-12-13(5-6-18-15(12)21-16)20-11-3-1-10(2-4-11)14-8-17-9-23-14/h1-6,8-9H,7H2,(H3,18,19,20,21,22). The highest BCUT2D eigenvalue weighted by molar-refractivity contribution is 5.92.